The van der Waals surface area contributed by atoms with E-state index in [4.69, 9.17) is 0 Å². The minimum Gasteiger partial charge on any atom is -0.477 e. The average Bonchev–Trinajstić information content (AvgIpc) is 3.16. The minimum atomic E-state index is -1.29. The summed E-state index contributed by atoms with van der Waals surface area (Å²) in [7, 11) is 0. The van der Waals surface area contributed by atoms with E-state index in [2.05, 4.69) is 5.32 Å². The van der Waals surface area contributed by atoms with E-state index in [1.165, 1.54) is 12.3 Å². The third-order valence-electron chi connectivity index (χ3n) is 5.45. The lowest BCUT2D eigenvalue weighted by Gasteiger charge is -2.22. The molecule has 4 rings (SSSR count). The highest BCUT2D eigenvalue weighted by Gasteiger charge is 2.37. The molecule has 7 heteroatoms. The zero-order valence-electron chi connectivity index (χ0n) is 14.0. The summed E-state index contributed by atoms with van der Waals surface area (Å²) in [5.74, 6) is -0.711. The van der Waals surface area contributed by atoms with Crippen LogP contribution in [-0.2, 0) is 6.54 Å². The van der Waals surface area contributed by atoms with Crippen LogP contribution in [0.5, 0.6) is 0 Å². The van der Waals surface area contributed by atoms with Crippen molar-refractivity contribution in [2.24, 2.45) is 11.8 Å². The van der Waals surface area contributed by atoms with Crippen molar-refractivity contribution in [3.8, 4) is 0 Å². The Morgan fingerprint density at radius 2 is 2.00 bits per heavy atom. The molecule has 0 radical (unpaired) electrons. The van der Waals surface area contributed by atoms with Crippen LogP contribution in [0.3, 0.4) is 0 Å². The number of carboxylic acid groups (broad SMARTS) is 1. The first kappa shape index (κ1) is 16.1. The number of carbonyl (C=O) groups is 1. The largest absolute Gasteiger partial charge is 0.477 e. The predicted octanol–water partition coefficient (Wildman–Crippen LogP) is 1.51. The highest BCUT2D eigenvalue weighted by atomic mass is 19.1. The normalized spacial score (nSPS) is 22.6. The third kappa shape index (κ3) is 2.50. The number of pyridine rings is 1. The second-order valence-corrected chi connectivity index (χ2v) is 6.87. The van der Waals surface area contributed by atoms with Gasteiger partial charge in [0.25, 0.3) is 0 Å². The van der Waals surface area contributed by atoms with Gasteiger partial charge in [-0.05, 0) is 30.9 Å². The summed E-state index contributed by atoms with van der Waals surface area (Å²) in [5.41, 5.74) is 0.0964. The summed E-state index contributed by atoms with van der Waals surface area (Å²) in [4.78, 5) is 25.7. The molecule has 3 heterocycles. The Hall–Kier alpha value is -2.41. The van der Waals surface area contributed by atoms with Gasteiger partial charge in [-0.3, -0.25) is 4.79 Å². The number of carboxylic acids is 1. The molecule has 2 aliphatic rings. The van der Waals surface area contributed by atoms with Gasteiger partial charge >= 0.3 is 5.97 Å². The van der Waals surface area contributed by atoms with Crippen molar-refractivity contribution in [3.63, 3.8) is 0 Å². The first-order valence-corrected chi connectivity index (χ1v) is 8.55. The van der Waals surface area contributed by atoms with E-state index in [9.17, 15) is 19.1 Å². The number of aryl methyl sites for hydroxylation is 1. The van der Waals surface area contributed by atoms with Crippen LogP contribution in [0.1, 0.15) is 17.3 Å². The van der Waals surface area contributed by atoms with Gasteiger partial charge in [0.15, 0.2) is 0 Å². The van der Waals surface area contributed by atoms with Crippen molar-refractivity contribution < 1.29 is 14.3 Å². The number of benzene rings is 1. The van der Waals surface area contributed by atoms with Gasteiger partial charge in [-0.25, -0.2) is 9.18 Å². The Labute approximate surface area is 143 Å². The predicted molar refractivity (Wildman–Crippen MR) is 92.9 cm³/mol. The molecule has 2 aromatic rings. The number of rotatable bonds is 3. The van der Waals surface area contributed by atoms with Gasteiger partial charge in [0, 0.05) is 44.3 Å². The first-order valence-electron chi connectivity index (χ1n) is 8.55. The molecule has 25 heavy (non-hydrogen) atoms. The lowest BCUT2D eigenvalue weighted by molar-refractivity contribution is 0.0695. The zero-order valence-corrected chi connectivity index (χ0v) is 14.0. The van der Waals surface area contributed by atoms with Gasteiger partial charge < -0.3 is 19.9 Å². The zero-order chi connectivity index (χ0) is 17.7. The van der Waals surface area contributed by atoms with Crippen LogP contribution in [0.4, 0.5) is 10.1 Å². The Bertz CT molecular complexity index is 912. The Balaban J connectivity index is 1.85. The highest BCUT2D eigenvalue weighted by molar-refractivity contribution is 5.93. The molecule has 0 bridgehead atoms. The Kier molecular flexibility index (Phi) is 3.76. The lowest BCUT2D eigenvalue weighted by Crippen LogP contribution is -2.26. The monoisotopic (exact) mass is 345 g/mol. The summed E-state index contributed by atoms with van der Waals surface area (Å²) >= 11 is 0. The van der Waals surface area contributed by atoms with Crippen LogP contribution < -0.4 is 15.6 Å². The SMILES string of the molecule is CCn1cc(C(=O)O)c(=O)c2cc(F)c(N3CC4CNCC4C3)cc21. The highest BCUT2D eigenvalue weighted by Crippen LogP contribution is 2.33. The Morgan fingerprint density at radius 3 is 2.60 bits per heavy atom. The van der Waals surface area contributed by atoms with E-state index in [1.54, 1.807) is 10.6 Å². The number of hydrogen-bond donors (Lipinski definition) is 2. The smallest absolute Gasteiger partial charge is 0.341 e. The molecule has 0 spiro atoms. The molecule has 1 aromatic heterocycles. The molecule has 2 unspecified atom stereocenters. The van der Waals surface area contributed by atoms with E-state index in [0.29, 0.717) is 29.6 Å². The maximum absolute atomic E-state index is 14.7. The number of fused-ring (bicyclic) bond motifs is 2. The number of hydrogen-bond acceptors (Lipinski definition) is 4. The van der Waals surface area contributed by atoms with E-state index < -0.39 is 17.2 Å². The molecule has 2 N–H and O–H groups in total. The number of nitrogens with one attached hydrogen (secondary N) is 1. The van der Waals surface area contributed by atoms with Crippen molar-refractivity contribution in [3.05, 3.63) is 39.9 Å². The fraction of sp³-hybridized carbons (Fsp3) is 0.444. The molecule has 6 nitrogen and oxygen atoms in total. The third-order valence-corrected chi connectivity index (χ3v) is 5.45. The molecule has 0 aliphatic carbocycles. The molecular weight excluding hydrogens is 325 g/mol. The molecule has 2 fully saturated rings. The first-order chi connectivity index (χ1) is 12.0. The van der Waals surface area contributed by atoms with E-state index in [1.807, 2.05) is 11.8 Å². The van der Waals surface area contributed by atoms with E-state index in [0.717, 1.165) is 26.2 Å². The molecule has 2 saturated heterocycles. The van der Waals surface area contributed by atoms with Crippen molar-refractivity contribution >= 4 is 22.6 Å². The molecule has 1 aromatic carbocycles. The van der Waals surface area contributed by atoms with Crippen LogP contribution in [-0.4, -0.2) is 41.8 Å². The van der Waals surface area contributed by atoms with Crippen LogP contribution in [0.15, 0.2) is 23.1 Å². The summed E-state index contributed by atoms with van der Waals surface area (Å²) in [6, 6.07) is 2.88. The van der Waals surface area contributed by atoms with Crippen molar-refractivity contribution in [1.82, 2.24) is 9.88 Å². The maximum atomic E-state index is 14.7. The summed E-state index contributed by atoms with van der Waals surface area (Å²) in [5, 5.41) is 12.7. The van der Waals surface area contributed by atoms with E-state index in [-0.39, 0.29) is 10.9 Å². The second kappa shape index (κ2) is 5.84. The number of aromatic carboxylic acids is 1. The quantitative estimate of drug-likeness (QED) is 0.882. The Morgan fingerprint density at radius 1 is 1.32 bits per heavy atom. The molecule has 132 valence electrons. The molecule has 2 atom stereocenters. The fourth-order valence-electron chi connectivity index (χ4n) is 4.11. The second-order valence-electron chi connectivity index (χ2n) is 6.87. The summed E-state index contributed by atoms with van der Waals surface area (Å²) in [6.07, 6.45) is 1.34. The van der Waals surface area contributed by atoms with Crippen molar-refractivity contribution in [1.29, 1.82) is 0 Å². The van der Waals surface area contributed by atoms with Gasteiger partial charge in [0.1, 0.15) is 11.4 Å². The topological polar surface area (TPSA) is 74.6 Å². The van der Waals surface area contributed by atoms with Gasteiger partial charge in [0.05, 0.1) is 11.2 Å². The average molecular weight is 345 g/mol. The molecule has 0 saturated carbocycles. The number of anilines is 1. The van der Waals surface area contributed by atoms with Gasteiger partial charge in [-0.2, -0.15) is 0 Å². The number of halogens is 1. The summed E-state index contributed by atoms with van der Waals surface area (Å²) < 4.78 is 16.4. The summed E-state index contributed by atoms with van der Waals surface area (Å²) in [6.45, 7) is 5.87. The van der Waals surface area contributed by atoms with Gasteiger partial charge in [-0.15, -0.1) is 0 Å². The molecular formula is C18H20FN3O3. The molecule has 2 aliphatic heterocycles. The van der Waals surface area contributed by atoms with E-state index >= 15 is 0 Å². The van der Waals surface area contributed by atoms with Crippen LogP contribution in [0, 0.1) is 17.7 Å². The van der Waals surface area contributed by atoms with Gasteiger partial charge in [0.2, 0.25) is 5.43 Å². The number of aromatic nitrogens is 1. The van der Waals surface area contributed by atoms with Gasteiger partial charge in [-0.1, -0.05) is 0 Å². The molecule has 0 amide bonds. The van der Waals surface area contributed by atoms with Crippen LogP contribution in [0.2, 0.25) is 0 Å². The van der Waals surface area contributed by atoms with Crippen LogP contribution >= 0.6 is 0 Å². The maximum Gasteiger partial charge on any atom is 0.341 e. The number of nitrogens with zero attached hydrogens (tertiary/aromatic N) is 2. The van der Waals surface area contributed by atoms with Crippen molar-refractivity contribution in [2.75, 3.05) is 31.1 Å². The van der Waals surface area contributed by atoms with Crippen LogP contribution in [0.25, 0.3) is 10.9 Å². The minimum absolute atomic E-state index is 0.115. The fourth-order valence-corrected chi connectivity index (χ4v) is 4.11. The van der Waals surface area contributed by atoms with Crippen molar-refractivity contribution in [2.45, 2.75) is 13.5 Å². The standard InChI is InChI=1S/C18H20FN3O3/c1-2-21-9-13(18(24)25)17(23)12-3-14(19)16(4-15(12)21)22-7-10-5-20-6-11(10)8-22/h3-4,9-11,20H,2,5-8H2,1H3,(H,24,25). The lowest BCUT2D eigenvalue weighted by atomic mass is 10.0.